The van der Waals surface area contributed by atoms with Crippen LogP contribution in [0.5, 0.6) is 0 Å². The molecule has 0 bridgehead atoms. The Hall–Kier alpha value is -0.990. The molecule has 1 aliphatic heterocycles. The normalized spacial score (nSPS) is 24.9. The van der Waals surface area contributed by atoms with Crippen LogP contribution < -0.4 is 10.3 Å². The monoisotopic (exact) mass is 290 g/mol. The number of H-pyrrole nitrogens is 1. The maximum absolute atomic E-state index is 12.0. The van der Waals surface area contributed by atoms with Crippen LogP contribution in [0.1, 0.15) is 12.8 Å². The van der Waals surface area contributed by atoms with Crippen LogP contribution >= 0.6 is 0 Å². The fraction of sp³-hybridized carbons (Fsp3) is 0.500. The lowest BCUT2D eigenvalue weighted by Crippen LogP contribution is -2.39. The zero-order chi connectivity index (χ0) is 13.2. The Morgan fingerprint density at radius 3 is 2.50 bits per heavy atom. The summed E-state index contributed by atoms with van der Waals surface area (Å²) >= 11 is 0. The van der Waals surface area contributed by atoms with E-state index < -0.39 is 20.8 Å². The summed E-state index contributed by atoms with van der Waals surface area (Å²) in [7, 11) is -4.43. The molecular formula is C10H14N2O4S2. The fourth-order valence-corrected chi connectivity index (χ4v) is 4.33. The van der Waals surface area contributed by atoms with E-state index in [-0.39, 0.29) is 16.5 Å². The summed E-state index contributed by atoms with van der Waals surface area (Å²) < 4.78 is 37.7. The average molecular weight is 290 g/mol. The molecule has 2 heterocycles. The zero-order valence-electron chi connectivity index (χ0n) is 9.59. The molecule has 1 saturated heterocycles. The van der Waals surface area contributed by atoms with Gasteiger partial charge in [0.1, 0.15) is 0 Å². The first kappa shape index (κ1) is 13.4. The Labute approximate surface area is 107 Å². The Balaban J connectivity index is 2.10. The molecule has 0 saturated carbocycles. The maximum atomic E-state index is 12.0. The molecular weight excluding hydrogens is 276 g/mol. The van der Waals surface area contributed by atoms with Crippen molar-refractivity contribution in [3.63, 3.8) is 0 Å². The highest BCUT2D eigenvalue weighted by Gasteiger charge is 2.23. The first-order valence-electron chi connectivity index (χ1n) is 5.53. The second-order valence-electron chi connectivity index (χ2n) is 4.13. The molecule has 1 aliphatic rings. The van der Waals surface area contributed by atoms with E-state index in [0.717, 1.165) is 0 Å². The molecule has 1 aromatic heterocycles. The molecule has 0 aliphatic carbocycles. The third-order valence-corrected chi connectivity index (χ3v) is 5.68. The summed E-state index contributed by atoms with van der Waals surface area (Å²) in [6, 6.07) is 2.26. The first-order valence-corrected chi connectivity index (χ1v) is 8.50. The van der Waals surface area contributed by atoms with Crippen molar-refractivity contribution in [1.82, 2.24) is 9.71 Å². The highest BCUT2D eigenvalue weighted by Crippen LogP contribution is 2.13. The number of pyridine rings is 1. The van der Waals surface area contributed by atoms with Crippen molar-refractivity contribution in [2.75, 3.05) is 11.5 Å². The van der Waals surface area contributed by atoms with Crippen molar-refractivity contribution in [1.29, 1.82) is 0 Å². The van der Waals surface area contributed by atoms with Crippen LogP contribution in [0.25, 0.3) is 0 Å². The predicted octanol–water partition coefficient (Wildman–Crippen LogP) is -0.436. The van der Waals surface area contributed by atoms with Gasteiger partial charge in [-0.1, -0.05) is 0 Å². The standard InChI is InChI=1S/C10H14N2O4S2/c13-10-2-1-9(7-11-10)18(15,16)12-8-3-5-17(14)6-4-8/h1-2,7-8,12H,3-6H2,(H,11,13). The number of hydrogen-bond donors (Lipinski definition) is 2. The van der Waals surface area contributed by atoms with Crippen molar-refractivity contribution in [3.05, 3.63) is 28.7 Å². The van der Waals surface area contributed by atoms with Gasteiger partial charge in [0.2, 0.25) is 15.6 Å². The Kier molecular flexibility index (Phi) is 3.98. The second kappa shape index (κ2) is 5.33. The minimum atomic E-state index is -3.61. The van der Waals surface area contributed by atoms with Gasteiger partial charge in [-0.05, 0) is 18.9 Å². The first-order chi connectivity index (χ1) is 8.47. The van der Waals surface area contributed by atoms with E-state index in [1.807, 2.05) is 0 Å². The molecule has 6 nitrogen and oxygen atoms in total. The predicted molar refractivity (Wildman–Crippen MR) is 68.3 cm³/mol. The molecule has 1 fully saturated rings. The van der Waals surface area contributed by atoms with Gasteiger partial charge in [-0.15, -0.1) is 0 Å². The van der Waals surface area contributed by atoms with Gasteiger partial charge in [0, 0.05) is 40.6 Å². The molecule has 100 valence electrons. The van der Waals surface area contributed by atoms with E-state index in [2.05, 4.69) is 9.71 Å². The molecule has 0 unspecified atom stereocenters. The van der Waals surface area contributed by atoms with E-state index in [1.54, 1.807) is 0 Å². The molecule has 18 heavy (non-hydrogen) atoms. The summed E-state index contributed by atoms with van der Waals surface area (Å²) in [5.74, 6) is 1.05. The Morgan fingerprint density at radius 2 is 1.94 bits per heavy atom. The maximum Gasteiger partial charge on any atom is 0.247 e. The van der Waals surface area contributed by atoms with Gasteiger partial charge in [-0.2, -0.15) is 0 Å². The summed E-state index contributed by atoms with van der Waals surface area (Å²) in [5, 5.41) is 0. The van der Waals surface area contributed by atoms with Gasteiger partial charge >= 0.3 is 0 Å². The van der Waals surface area contributed by atoms with Gasteiger partial charge in [-0.3, -0.25) is 9.00 Å². The van der Waals surface area contributed by atoms with E-state index in [4.69, 9.17) is 0 Å². The van der Waals surface area contributed by atoms with Crippen LogP contribution in [0.2, 0.25) is 0 Å². The van der Waals surface area contributed by atoms with E-state index in [0.29, 0.717) is 24.3 Å². The second-order valence-corrected chi connectivity index (χ2v) is 7.54. The van der Waals surface area contributed by atoms with Crippen molar-refractivity contribution >= 4 is 20.8 Å². The number of hydrogen-bond acceptors (Lipinski definition) is 4. The third kappa shape index (κ3) is 3.27. The van der Waals surface area contributed by atoms with E-state index in [1.165, 1.54) is 18.3 Å². The third-order valence-electron chi connectivity index (χ3n) is 2.78. The van der Waals surface area contributed by atoms with Crippen molar-refractivity contribution < 1.29 is 12.6 Å². The largest absolute Gasteiger partial charge is 0.328 e. The summed E-state index contributed by atoms with van der Waals surface area (Å²) in [4.78, 5) is 13.2. The van der Waals surface area contributed by atoms with Crippen LogP contribution in [0.3, 0.4) is 0 Å². The SMILES string of the molecule is O=c1ccc(S(=O)(=O)NC2CCS(=O)CC2)c[nH]1. The number of aromatic amines is 1. The summed E-state index contributed by atoms with van der Waals surface area (Å²) in [6.45, 7) is 0. The Bertz CT molecular complexity index is 578. The average Bonchev–Trinajstić information content (AvgIpc) is 2.32. The van der Waals surface area contributed by atoms with E-state index in [9.17, 15) is 17.4 Å². The lowest BCUT2D eigenvalue weighted by molar-refractivity contribution is 0.521. The highest BCUT2D eigenvalue weighted by molar-refractivity contribution is 7.89. The summed E-state index contributed by atoms with van der Waals surface area (Å²) in [5.41, 5.74) is -0.345. The molecule has 0 radical (unpaired) electrons. The Morgan fingerprint density at radius 1 is 1.28 bits per heavy atom. The molecule has 2 N–H and O–H groups in total. The van der Waals surface area contributed by atoms with Gasteiger partial charge in [-0.25, -0.2) is 13.1 Å². The van der Waals surface area contributed by atoms with Crippen molar-refractivity contribution in [2.24, 2.45) is 0 Å². The summed E-state index contributed by atoms with van der Waals surface area (Å²) in [6.07, 6.45) is 2.33. The van der Waals surface area contributed by atoms with Gasteiger partial charge in [0.05, 0.1) is 4.90 Å². The van der Waals surface area contributed by atoms with Crippen molar-refractivity contribution in [2.45, 2.75) is 23.8 Å². The smallest absolute Gasteiger partial charge is 0.247 e. The van der Waals surface area contributed by atoms with Crippen LogP contribution in [0.15, 0.2) is 28.0 Å². The van der Waals surface area contributed by atoms with Crippen LogP contribution in [-0.4, -0.2) is 35.2 Å². The van der Waals surface area contributed by atoms with Crippen LogP contribution in [0.4, 0.5) is 0 Å². The quantitative estimate of drug-likeness (QED) is 0.789. The molecule has 0 aromatic carbocycles. The number of aromatic nitrogens is 1. The van der Waals surface area contributed by atoms with Gasteiger partial charge in [0.15, 0.2) is 0 Å². The molecule has 0 amide bonds. The van der Waals surface area contributed by atoms with Crippen molar-refractivity contribution in [3.8, 4) is 0 Å². The molecule has 0 spiro atoms. The minimum Gasteiger partial charge on any atom is -0.328 e. The minimum absolute atomic E-state index is 0.0359. The van der Waals surface area contributed by atoms with Crippen LogP contribution in [0, 0.1) is 0 Å². The number of sulfonamides is 1. The van der Waals surface area contributed by atoms with Gasteiger partial charge in [0.25, 0.3) is 0 Å². The zero-order valence-corrected chi connectivity index (χ0v) is 11.2. The topological polar surface area (TPSA) is 96.1 Å². The lowest BCUT2D eigenvalue weighted by atomic mass is 10.2. The molecule has 2 rings (SSSR count). The fourth-order valence-electron chi connectivity index (χ4n) is 1.76. The van der Waals surface area contributed by atoms with Gasteiger partial charge < -0.3 is 4.98 Å². The molecule has 0 atom stereocenters. The molecule has 8 heteroatoms. The van der Waals surface area contributed by atoms with Crippen LogP contribution in [-0.2, 0) is 20.8 Å². The number of rotatable bonds is 3. The number of nitrogens with one attached hydrogen (secondary N) is 2. The lowest BCUT2D eigenvalue weighted by Gasteiger charge is -2.22. The van der Waals surface area contributed by atoms with E-state index >= 15 is 0 Å². The highest BCUT2D eigenvalue weighted by atomic mass is 32.2. The molecule has 1 aromatic rings.